The molecule has 9 rings (SSSR count). The summed E-state index contributed by atoms with van der Waals surface area (Å²) in [6.45, 7) is 23.6. The number of aromatic nitrogens is 1. The topological polar surface area (TPSA) is 447 Å². The van der Waals surface area contributed by atoms with Gasteiger partial charge in [0, 0.05) is 93.2 Å². The molecule has 6 aliphatic rings. The van der Waals surface area contributed by atoms with E-state index in [1.165, 1.54) is 39.2 Å². The number of anilines is 2. The third-order valence-electron chi connectivity index (χ3n) is 21.2. The zero-order valence-corrected chi connectivity index (χ0v) is 72.4. The number of phenolic OH excluding ortho intramolecular Hbond substituents is 1. The molecule has 0 saturated carbocycles. The minimum Gasteiger partial charge on any atom is -0.507 e. The molecule has 3 aromatic carbocycles. The molecule has 1 aliphatic carbocycles. The van der Waals surface area contributed by atoms with E-state index in [0.29, 0.717) is 116 Å². The van der Waals surface area contributed by atoms with Gasteiger partial charge in [0.2, 0.25) is 23.2 Å². The van der Waals surface area contributed by atoms with E-state index < -0.39 is 82.7 Å². The van der Waals surface area contributed by atoms with Crippen LogP contribution in [0.3, 0.4) is 0 Å². The molecule has 1 saturated heterocycles. The number of likely N-dealkylation sites (tertiary alicyclic amines) is 1. The smallest absolute Gasteiger partial charge is 0.410 e. The van der Waals surface area contributed by atoms with Crippen LogP contribution in [0.25, 0.3) is 33.3 Å². The molecule has 0 spiro atoms. The van der Waals surface area contributed by atoms with Crippen molar-refractivity contribution in [3.63, 3.8) is 0 Å². The molecule has 35 nitrogen and oxygen atoms in total. The van der Waals surface area contributed by atoms with Crippen LogP contribution in [0, 0.1) is 36.5 Å². The van der Waals surface area contributed by atoms with Gasteiger partial charge in [-0.2, -0.15) is 0 Å². The van der Waals surface area contributed by atoms with Crippen molar-refractivity contribution < 1.29 is 119 Å². The van der Waals surface area contributed by atoms with Gasteiger partial charge in [-0.25, -0.2) is 14.6 Å². The number of nitrogens with two attached hydrogens (primary N) is 1. The number of hydrogen-bond acceptors (Lipinski definition) is 27. The summed E-state index contributed by atoms with van der Waals surface area (Å²) in [5, 5.41) is 25.2. The highest BCUT2D eigenvalue weighted by atomic mass is 16.7. The number of phenols is 1. The standard InChI is InChI=1S/C89H119N9O26/c1-54(2)75(95-69(100)28-34-111-36-38-113-40-42-115-44-46-117-48-49-118-47-45-116-43-41-114-39-37-112-35-32-98-70(101)24-25-71(98)102)86(108)94-67(17-12-29-91-87(90)109)85(107)92-63-20-18-62(19-21-63)53-119-88(110)97-30-26-64(27-31-97)122-65-22-23-66-68(52-65)123-82-76(93-66)72-73-78(103)60(8)81-74(72)83(105)89(10,124-81)120-33-13-16-57(5)80(121-61(9)99)59(7)51-56(4)50-55(3)14-11-15-58(6)84(106)96-77(82)79(73)104/h11,13-15,18-25,33,52,54-57,59,64,67,75,80,103H,12,16-17,26-32,34-51,53H2,1-10H3,(H,92,107)(H,94,108)(H,95,100)(H,96,106)(H3,90,91,109)/b14-11+,33-13+,58-15-/t55-,56+,57+,59+,67?,75-,80+,89-/m0/s1. The highest BCUT2D eigenvalue weighted by molar-refractivity contribution is 6.22. The summed E-state index contributed by atoms with van der Waals surface area (Å²) in [6, 6.07) is 8.59. The van der Waals surface area contributed by atoms with Crippen LogP contribution in [0.5, 0.6) is 17.2 Å². The molecule has 676 valence electrons. The van der Waals surface area contributed by atoms with Gasteiger partial charge in [0.25, 0.3) is 23.5 Å². The number of carbonyl (C=O) groups excluding carboxylic acids is 10. The van der Waals surface area contributed by atoms with E-state index in [2.05, 4.69) is 47.4 Å². The number of urea groups is 1. The van der Waals surface area contributed by atoms with Crippen LogP contribution in [0.2, 0.25) is 0 Å². The first-order valence-corrected chi connectivity index (χ1v) is 42.3. The van der Waals surface area contributed by atoms with E-state index in [1.807, 2.05) is 13.0 Å². The number of nitrogens with zero attached hydrogens (tertiary/aromatic N) is 3. The number of benzene rings is 4. The minimum atomic E-state index is -1.98. The van der Waals surface area contributed by atoms with Crippen molar-refractivity contribution >= 4 is 92.6 Å². The van der Waals surface area contributed by atoms with Crippen molar-refractivity contribution in [2.24, 2.45) is 35.3 Å². The van der Waals surface area contributed by atoms with E-state index >= 15 is 4.79 Å². The number of allylic oxidation sites excluding steroid dienone is 4. The van der Waals surface area contributed by atoms with E-state index in [1.54, 1.807) is 86.4 Å². The Hall–Kier alpha value is -10.9. The summed E-state index contributed by atoms with van der Waals surface area (Å²) in [5.74, 6) is -6.60. The van der Waals surface area contributed by atoms with Gasteiger partial charge in [0.05, 0.1) is 129 Å². The molecule has 9 amide bonds. The van der Waals surface area contributed by atoms with Crippen LogP contribution >= 0.6 is 0 Å². The number of aromatic hydroxyl groups is 1. The summed E-state index contributed by atoms with van der Waals surface area (Å²) in [5.41, 5.74) is 5.62. The number of piperidine rings is 1. The van der Waals surface area contributed by atoms with E-state index in [0.717, 1.165) is 17.7 Å². The van der Waals surface area contributed by atoms with Crippen LogP contribution < -0.4 is 47.2 Å². The number of nitrogens with one attached hydrogen (secondary N) is 5. The number of primary amides is 1. The maximum absolute atomic E-state index is 15.1. The second-order valence-electron chi connectivity index (χ2n) is 31.7. The first kappa shape index (κ1) is 96.9. The summed E-state index contributed by atoms with van der Waals surface area (Å²) in [6.07, 6.45) is 12.7. The molecule has 1 fully saturated rings. The fourth-order valence-corrected chi connectivity index (χ4v) is 14.7. The lowest BCUT2D eigenvalue weighted by atomic mass is 9.82. The lowest BCUT2D eigenvalue weighted by Crippen LogP contribution is -2.54. The second-order valence-corrected chi connectivity index (χ2v) is 31.7. The maximum atomic E-state index is 15.1. The molecular formula is C89H119N9O26. The molecule has 1 unspecified atom stereocenters. The van der Waals surface area contributed by atoms with Crippen LogP contribution in [0.15, 0.2) is 100.0 Å². The van der Waals surface area contributed by atoms with E-state index in [-0.39, 0.29) is 187 Å². The molecule has 0 aromatic heterocycles. The van der Waals surface area contributed by atoms with Crippen molar-refractivity contribution in [2.75, 3.05) is 143 Å². The zero-order chi connectivity index (χ0) is 89.4. The van der Waals surface area contributed by atoms with E-state index in [4.69, 9.17) is 76.7 Å². The van der Waals surface area contributed by atoms with Crippen molar-refractivity contribution in [2.45, 2.75) is 157 Å². The predicted octanol–water partition coefficient (Wildman–Crippen LogP) is 9.02. The molecule has 4 bridgehead atoms. The third kappa shape index (κ3) is 28.6. The normalized spacial score (nSPS) is 20.5. The average Bonchev–Trinajstić information content (AvgIpc) is 1.44. The Kier molecular flexibility index (Phi) is 37.8. The molecule has 0 radical (unpaired) electrons. The predicted molar refractivity (Wildman–Crippen MR) is 455 cm³/mol. The van der Waals surface area contributed by atoms with E-state index in [9.17, 15) is 53.1 Å². The lowest BCUT2D eigenvalue weighted by molar-refractivity contribution is -0.152. The number of rotatable bonds is 42. The Balaban J connectivity index is 0.705. The van der Waals surface area contributed by atoms with Crippen LogP contribution in [-0.2, 0) is 92.3 Å². The average molecular weight is 1730 g/mol. The van der Waals surface area contributed by atoms with Gasteiger partial charge in [-0.05, 0) is 111 Å². The summed E-state index contributed by atoms with van der Waals surface area (Å²) in [7, 11) is 0. The quantitative estimate of drug-likeness (QED) is 0.00629. The van der Waals surface area contributed by atoms with Gasteiger partial charge in [0.1, 0.15) is 65.0 Å². The number of Topliss-reactive ketones (excluding diaryl/α,β-unsaturated/α-hetero) is 1. The third-order valence-corrected chi connectivity index (χ3v) is 21.2. The summed E-state index contributed by atoms with van der Waals surface area (Å²) < 4.78 is 81.2. The monoisotopic (exact) mass is 1730 g/mol. The molecule has 124 heavy (non-hydrogen) atoms. The number of imide groups is 1. The van der Waals surface area contributed by atoms with Gasteiger partial charge >= 0.3 is 23.9 Å². The van der Waals surface area contributed by atoms with Gasteiger partial charge in [-0.3, -0.25) is 48.1 Å². The molecule has 5 aliphatic heterocycles. The van der Waals surface area contributed by atoms with Gasteiger partial charge in [0.15, 0.2) is 11.3 Å². The molecule has 5 heterocycles. The van der Waals surface area contributed by atoms with Crippen molar-refractivity contribution in [1.29, 1.82) is 0 Å². The first-order chi connectivity index (χ1) is 59.5. The van der Waals surface area contributed by atoms with Crippen LogP contribution in [0.1, 0.15) is 135 Å². The van der Waals surface area contributed by atoms with Crippen LogP contribution in [0.4, 0.5) is 21.0 Å². The van der Waals surface area contributed by atoms with Crippen LogP contribution in [-0.4, -0.2) is 241 Å². The number of ketones is 1. The molecule has 35 heteroatoms. The fourth-order valence-electron chi connectivity index (χ4n) is 14.7. The Morgan fingerprint density at radius 3 is 1.94 bits per heavy atom. The molecular weight excluding hydrogens is 1610 g/mol. The highest BCUT2D eigenvalue weighted by Crippen LogP contribution is 2.51. The highest BCUT2D eigenvalue weighted by Gasteiger charge is 2.50. The first-order valence-electron chi connectivity index (χ1n) is 42.3. The molecule has 8 N–H and O–H groups in total. The second kappa shape index (κ2) is 48.4. The number of hydrogen-bond donors (Lipinski definition) is 7. The number of amides is 9. The van der Waals surface area contributed by atoms with Crippen molar-refractivity contribution in [3.8, 4) is 28.7 Å². The van der Waals surface area contributed by atoms with Gasteiger partial charge in [-0.15, -0.1) is 0 Å². The van der Waals surface area contributed by atoms with Crippen molar-refractivity contribution in [1.82, 2.24) is 30.7 Å². The Bertz CT molecular complexity index is 4640. The number of ether oxygens (including phenoxy) is 13. The summed E-state index contributed by atoms with van der Waals surface area (Å²) >= 11 is 0. The molecule has 3 aromatic rings. The summed E-state index contributed by atoms with van der Waals surface area (Å²) in [4.78, 5) is 153. The Morgan fingerprint density at radius 1 is 0.742 bits per heavy atom. The zero-order valence-electron chi connectivity index (χ0n) is 72.4. The SMILES string of the molecule is CC(=O)O[C@@H]1[C@H](C)C/C=C/O[C@@]2(C)Oc3c(C)c(O)c4c(=O)c(c5oc6cc(OC7CCN(C(=O)OCc8ccc(NC(=O)C(CCCNC(N)=O)NC(=O)[C@@H](NC(=O)CCOCCOCCOCCOCCOCCOCCOCCOCCN9C(=O)C=CC9=O)C(C)C)cc8)CC7)ccc6nc-5c4c3C2=O)NC(=O)/C(C)=C\C=C\[C@H](C)C[C@@H](C)C[C@H]1C. The number of carbonyl (C=O) groups is 10. The van der Waals surface area contributed by atoms with Gasteiger partial charge in [-0.1, -0.05) is 71.9 Å². The minimum absolute atomic E-state index is 0.00365. The number of esters is 1. The van der Waals surface area contributed by atoms with Crippen molar-refractivity contribution in [3.05, 3.63) is 118 Å². The lowest BCUT2D eigenvalue weighted by Gasteiger charge is -2.31. The largest absolute Gasteiger partial charge is 0.507 e. The number of fused-ring (bicyclic) bond motifs is 2. The fraction of sp³-hybridized carbons (Fsp3) is 0.551. The molecule has 8 atom stereocenters. The Labute approximate surface area is 720 Å². The Morgan fingerprint density at radius 2 is 1.35 bits per heavy atom. The van der Waals surface area contributed by atoms with Gasteiger partial charge < -0.3 is 108 Å². The maximum Gasteiger partial charge on any atom is 0.410 e.